The predicted molar refractivity (Wildman–Crippen MR) is 277 cm³/mol. The Morgan fingerprint density at radius 2 is 1.04 bits per heavy atom. The minimum Gasteiger partial charge on any atom is -0.462 e. The molecule has 1 aliphatic rings. The number of ether oxygens (including phenoxy) is 2. The van der Waals surface area contributed by atoms with E-state index in [0.29, 0.717) is 19.3 Å². The molecule has 19 nitrogen and oxygen atoms in total. The second-order valence-electron chi connectivity index (χ2n) is 18.1. The van der Waals surface area contributed by atoms with Crippen molar-refractivity contribution in [3.8, 4) is 0 Å². The molecule has 0 amide bonds. The first-order valence-electron chi connectivity index (χ1n) is 26.0. The third-order valence-electron chi connectivity index (χ3n) is 11.6. The molecule has 11 atom stereocenters. The van der Waals surface area contributed by atoms with Crippen LogP contribution in [0.1, 0.15) is 155 Å². The summed E-state index contributed by atoms with van der Waals surface area (Å²) in [7, 11) is -10.8. The van der Waals surface area contributed by atoms with Gasteiger partial charge >= 0.3 is 27.6 Å². The number of aliphatic hydroxyl groups excluding tert-OH is 7. The summed E-state index contributed by atoms with van der Waals surface area (Å²) in [6.07, 6.45) is 25.8. The predicted octanol–water partition coefficient (Wildman–Crippen LogP) is 7.48. The van der Waals surface area contributed by atoms with Crippen LogP contribution in [-0.4, -0.2) is 137 Å². The van der Waals surface area contributed by atoms with Crippen molar-refractivity contribution in [1.29, 1.82) is 0 Å². The molecule has 0 spiro atoms. The highest BCUT2D eigenvalue weighted by Gasteiger charge is 2.54. The van der Waals surface area contributed by atoms with Crippen LogP contribution < -0.4 is 0 Å². The molecule has 0 saturated heterocycles. The van der Waals surface area contributed by atoms with Gasteiger partial charge in [0.2, 0.25) is 0 Å². The fourth-order valence-corrected chi connectivity index (χ4v) is 8.90. The summed E-state index contributed by atoms with van der Waals surface area (Å²) in [5, 5.41) is 72.0. The maximum absolute atomic E-state index is 13.0. The van der Waals surface area contributed by atoms with Gasteiger partial charge in [0, 0.05) is 12.8 Å². The van der Waals surface area contributed by atoms with Crippen molar-refractivity contribution >= 4 is 27.6 Å². The first kappa shape index (κ1) is 68.1. The molecular formula is C52H88O19P2. The Balaban J connectivity index is 2.69. The molecule has 0 aromatic carbocycles. The molecule has 73 heavy (non-hydrogen) atoms. The lowest BCUT2D eigenvalue weighted by atomic mass is 9.85. The fourth-order valence-electron chi connectivity index (χ4n) is 7.36. The number of hydrogen-bond acceptors (Lipinski definition) is 16. The molecule has 0 radical (unpaired) electrons. The number of aliphatic hydroxyl groups is 7. The Bertz CT molecular complexity index is 1780. The van der Waals surface area contributed by atoms with E-state index in [1.807, 2.05) is 0 Å². The van der Waals surface area contributed by atoms with Crippen molar-refractivity contribution in [3.05, 3.63) is 85.1 Å². The molecule has 420 valence electrons. The number of phosphoric ester groups is 2. The number of rotatable bonds is 42. The highest BCUT2D eigenvalue weighted by Crippen LogP contribution is 2.49. The Morgan fingerprint density at radius 3 is 1.64 bits per heavy atom. The Morgan fingerprint density at radius 1 is 0.534 bits per heavy atom. The summed E-state index contributed by atoms with van der Waals surface area (Å²) < 4.78 is 49.2. The lowest BCUT2D eigenvalue weighted by Crippen LogP contribution is -2.64. The summed E-state index contributed by atoms with van der Waals surface area (Å²) in [6.45, 7) is 2.69. The van der Waals surface area contributed by atoms with Crippen molar-refractivity contribution in [2.24, 2.45) is 0 Å². The number of allylic oxidation sites excluding steroid dienone is 12. The van der Waals surface area contributed by atoms with Gasteiger partial charge in [0.05, 0.1) is 24.9 Å². The van der Waals surface area contributed by atoms with E-state index in [2.05, 4.69) is 54.8 Å². The largest absolute Gasteiger partial charge is 0.472 e. The maximum atomic E-state index is 13.0. The minimum absolute atomic E-state index is 0.000527. The van der Waals surface area contributed by atoms with Gasteiger partial charge in [-0.25, -0.2) is 9.13 Å². The minimum atomic E-state index is -5.41. The van der Waals surface area contributed by atoms with Crippen LogP contribution in [-0.2, 0) is 41.8 Å². The molecule has 10 N–H and O–H groups in total. The van der Waals surface area contributed by atoms with Gasteiger partial charge in [-0.2, -0.15) is 0 Å². The SMILES string of the molecule is CCCCCC/C=C\C/C=C\C/C=C\CCCCCCCCC(=O)O[C@H](COC(=O)CCC[C@@H](O)[C@H](O)/C=C/C=C/C=C\C=C\[C@H](O)CCCCC)COP(=O)(O)O[C@H]1C(O)C(O)C(O)[C@@H](OP(=O)(O)O)C1O. The monoisotopic (exact) mass is 1080 g/mol. The number of esters is 2. The molecule has 1 rings (SSSR count). The highest BCUT2D eigenvalue weighted by atomic mass is 31.2. The molecule has 21 heteroatoms. The van der Waals surface area contributed by atoms with E-state index in [0.717, 1.165) is 70.6 Å². The van der Waals surface area contributed by atoms with Crippen molar-refractivity contribution in [3.63, 3.8) is 0 Å². The van der Waals surface area contributed by atoms with Gasteiger partial charge < -0.3 is 59.9 Å². The van der Waals surface area contributed by atoms with Gasteiger partial charge in [-0.1, -0.05) is 163 Å². The molecule has 0 aromatic heterocycles. The van der Waals surface area contributed by atoms with Crippen LogP contribution in [0.3, 0.4) is 0 Å². The second-order valence-corrected chi connectivity index (χ2v) is 20.7. The molecule has 0 aromatic rings. The summed E-state index contributed by atoms with van der Waals surface area (Å²) in [5.41, 5.74) is 0. The number of unbranched alkanes of at least 4 members (excludes halogenated alkanes) is 12. The van der Waals surface area contributed by atoms with E-state index in [1.54, 1.807) is 36.5 Å². The maximum Gasteiger partial charge on any atom is 0.472 e. The molecule has 1 saturated carbocycles. The quantitative estimate of drug-likeness (QED) is 0.00931. The van der Waals surface area contributed by atoms with Gasteiger partial charge in [0.1, 0.15) is 43.2 Å². The van der Waals surface area contributed by atoms with E-state index in [-0.39, 0.29) is 25.7 Å². The van der Waals surface area contributed by atoms with Gasteiger partial charge in [-0.3, -0.25) is 23.2 Å². The summed E-state index contributed by atoms with van der Waals surface area (Å²) in [5.74, 6) is -1.56. The van der Waals surface area contributed by atoms with Gasteiger partial charge in [-0.05, 0) is 64.2 Å². The Hall–Kier alpha value is -2.94. The van der Waals surface area contributed by atoms with Crippen molar-refractivity contribution in [1.82, 2.24) is 0 Å². The molecule has 0 heterocycles. The average Bonchev–Trinajstić information content (AvgIpc) is 3.34. The Kier molecular flexibility index (Phi) is 38.5. The van der Waals surface area contributed by atoms with Gasteiger partial charge in [-0.15, -0.1) is 0 Å². The smallest absolute Gasteiger partial charge is 0.462 e. The van der Waals surface area contributed by atoms with E-state index >= 15 is 0 Å². The summed E-state index contributed by atoms with van der Waals surface area (Å²) >= 11 is 0. The molecule has 0 aliphatic heterocycles. The molecular weight excluding hydrogens is 991 g/mol. The molecule has 5 unspecified atom stereocenters. The van der Waals surface area contributed by atoms with Crippen molar-refractivity contribution in [2.75, 3.05) is 13.2 Å². The van der Waals surface area contributed by atoms with Gasteiger partial charge in [0.15, 0.2) is 6.10 Å². The second kappa shape index (κ2) is 41.3. The lowest BCUT2D eigenvalue weighted by Gasteiger charge is -2.43. The van der Waals surface area contributed by atoms with E-state index < -0.39 is 102 Å². The van der Waals surface area contributed by atoms with E-state index in [4.69, 9.17) is 18.5 Å². The van der Waals surface area contributed by atoms with E-state index in [9.17, 15) is 69.1 Å². The van der Waals surface area contributed by atoms with Crippen LogP contribution in [0.15, 0.2) is 85.1 Å². The topological polar surface area (TPSA) is 317 Å². The number of carbonyl (C=O) groups excluding carboxylic acids is 2. The van der Waals surface area contributed by atoms with Crippen molar-refractivity contribution in [2.45, 2.75) is 216 Å². The first-order valence-corrected chi connectivity index (χ1v) is 29.0. The summed E-state index contributed by atoms with van der Waals surface area (Å²) in [6, 6.07) is 0. The third kappa shape index (κ3) is 35.1. The van der Waals surface area contributed by atoms with Crippen molar-refractivity contribution < 1.29 is 92.2 Å². The summed E-state index contributed by atoms with van der Waals surface area (Å²) in [4.78, 5) is 54.5. The van der Waals surface area contributed by atoms with Crippen LogP contribution in [0, 0.1) is 0 Å². The fraction of sp³-hybridized carbons (Fsp3) is 0.692. The van der Waals surface area contributed by atoms with Crippen LogP contribution >= 0.6 is 15.6 Å². The first-order chi connectivity index (χ1) is 34.8. The van der Waals surface area contributed by atoms with E-state index in [1.165, 1.54) is 37.8 Å². The average molecular weight is 1080 g/mol. The number of phosphoric acid groups is 2. The van der Waals surface area contributed by atoms with Crippen LogP contribution in [0.2, 0.25) is 0 Å². The highest BCUT2D eigenvalue weighted by molar-refractivity contribution is 7.47. The standard InChI is InChI=1S/C52H88O19P2/c1-3-5-7-8-9-10-11-12-13-14-15-16-17-18-19-20-21-22-27-31-37-46(57)69-42(40-68-73(65,66)71-52-49(60)47(58)48(59)51(50(52)61)70-72(62,63)64)39-67-45(56)38-32-36-44(55)43(54)35-30-26-24-23-25-29-34-41(53)33-28-6-4-2/h10-11,13-14,16-17,23-26,29-30,34-35,41-44,47-55,58-61H,3-9,12,15,18-22,27-28,31-33,36-40H2,1-2H3,(H,65,66)(H2,62,63,64)/b11-10-,14-13-,17-16-,25-23-,26-24+,34-29+,35-30+/t41-,42-,43-,44-,47?,48?,49?,50?,51-,52+/m1/s1. The zero-order valence-corrected chi connectivity index (χ0v) is 44.7. The zero-order chi connectivity index (χ0) is 54.3. The zero-order valence-electron chi connectivity index (χ0n) is 42.9. The molecule has 0 bridgehead atoms. The lowest BCUT2D eigenvalue weighted by molar-refractivity contribution is -0.216. The van der Waals surface area contributed by atoms with Gasteiger partial charge in [0.25, 0.3) is 0 Å². The van der Waals surface area contributed by atoms with Crippen LogP contribution in [0.25, 0.3) is 0 Å². The molecule has 1 aliphatic carbocycles. The van der Waals surface area contributed by atoms with Crippen LogP contribution in [0.4, 0.5) is 0 Å². The normalized spacial score (nSPS) is 22.6. The Labute approximate surface area is 432 Å². The van der Waals surface area contributed by atoms with Crippen LogP contribution in [0.5, 0.6) is 0 Å². The third-order valence-corrected chi connectivity index (χ3v) is 13.1. The molecule has 1 fully saturated rings. The number of hydrogen-bond donors (Lipinski definition) is 10. The number of carbonyl (C=O) groups is 2.